The van der Waals surface area contributed by atoms with Gasteiger partial charge in [0, 0.05) is 107 Å². The summed E-state index contributed by atoms with van der Waals surface area (Å²) in [5.41, 5.74) is 3.87. The van der Waals surface area contributed by atoms with Crippen LogP contribution >= 0.6 is 22.6 Å². The molecule has 0 radical (unpaired) electrons. The lowest BCUT2D eigenvalue weighted by Gasteiger charge is -2.33. The summed E-state index contributed by atoms with van der Waals surface area (Å²) in [7, 11) is 0. The Labute approximate surface area is 524 Å². The summed E-state index contributed by atoms with van der Waals surface area (Å²) in [6, 6.07) is 12.2. The minimum absolute atomic E-state index is 0.0457. The molecule has 4 heterocycles. The van der Waals surface area contributed by atoms with Crippen molar-refractivity contribution in [2.45, 2.75) is 102 Å². The normalized spacial score (nSPS) is 19.8. The number of carboxylic acid groups (broad SMARTS) is 3. The number of aryl methyl sites for hydroxylation is 1. The minimum Gasteiger partial charge on any atom is -0.480 e. The zero-order chi connectivity index (χ0) is 63.6. The largest absolute Gasteiger partial charge is 0.480 e. The van der Waals surface area contributed by atoms with Crippen molar-refractivity contribution in [1.82, 2.24) is 50.7 Å². The van der Waals surface area contributed by atoms with Crippen molar-refractivity contribution in [2.75, 3.05) is 131 Å². The molecule has 6 amide bonds. The van der Waals surface area contributed by atoms with E-state index in [0.717, 1.165) is 37.1 Å². The van der Waals surface area contributed by atoms with Crippen LogP contribution in [0.5, 0.6) is 0 Å². The van der Waals surface area contributed by atoms with E-state index in [-0.39, 0.29) is 162 Å². The van der Waals surface area contributed by atoms with Crippen molar-refractivity contribution in [3.63, 3.8) is 0 Å². The summed E-state index contributed by atoms with van der Waals surface area (Å²) in [4.78, 5) is 124. The van der Waals surface area contributed by atoms with Crippen molar-refractivity contribution >= 4 is 75.9 Å². The molecular weight excluding hydrogens is 1270 g/mol. The van der Waals surface area contributed by atoms with Crippen LogP contribution in [0.2, 0.25) is 0 Å². The predicted molar refractivity (Wildman–Crippen MR) is 320 cm³/mol. The van der Waals surface area contributed by atoms with Crippen LogP contribution < -0.4 is 21.3 Å². The summed E-state index contributed by atoms with van der Waals surface area (Å²) in [5.74, 6) is -9.87. The molecule has 2 aromatic rings. The number of nitrogens with zero attached hydrogens (tertiary/aromatic N) is 7. The first-order valence-corrected chi connectivity index (χ1v) is 30.8. The Bertz CT molecular complexity index is 2710. The number of carboxylic acids is 3. The van der Waals surface area contributed by atoms with E-state index in [4.69, 9.17) is 14.2 Å². The van der Waals surface area contributed by atoms with Crippen LogP contribution in [0.3, 0.4) is 0 Å². The molecule has 0 saturated carbocycles. The first kappa shape index (κ1) is 70.6. The summed E-state index contributed by atoms with van der Waals surface area (Å²) in [6.45, 7) is 1.99. The maximum atomic E-state index is 14.0. The van der Waals surface area contributed by atoms with Gasteiger partial charge in [-0.15, -0.1) is 0 Å². The highest BCUT2D eigenvalue weighted by Crippen LogP contribution is 2.34. The van der Waals surface area contributed by atoms with Crippen molar-refractivity contribution in [1.29, 1.82) is 5.26 Å². The first-order valence-electron chi connectivity index (χ1n) is 29.8. The third-order valence-corrected chi connectivity index (χ3v) is 16.4. The van der Waals surface area contributed by atoms with Crippen molar-refractivity contribution in [3.05, 3.63) is 68.3 Å². The molecule has 6 rings (SSSR count). The van der Waals surface area contributed by atoms with Gasteiger partial charge in [0.15, 0.2) is 0 Å². The number of hydrogen-bond acceptors (Lipinski definition) is 17. The second-order valence-corrected chi connectivity index (χ2v) is 23.7. The second-order valence-electron chi connectivity index (χ2n) is 22.5. The molecule has 4 aliphatic rings. The van der Waals surface area contributed by atoms with Gasteiger partial charge in [0.05, 0.1) is 78.4 Å². The van der Waals surface area contributed by atoms with Gasteiger partial charge in [-0.25, -0.2) is 8.78 Å². The molecule has 1 unspecified atom stereocenters. The summed E-state index contributed by atoms with van der Waals surface area (Å²) >= 11 is 2.24. The van der Waals surface area contributed by atoms with E-state index >= 15 is 0 Å². The highest BCUT2D eigenvalue weighted by Gasteiger charge is 2.50. The maximum Gasteiger partial charge on any atom is 0.317 e. The fourth-order valence-corrected chi connectivity index (χ4v) is 11.3. The third kappa shape index (κ3) is 24.5. The van der Waals surface area contributed by atoms with E-state index in [2.05, 4.69) is 43.9 Å². The van der Waals surface area contributed by atoms with Gasteiger partial charge in [0.25, 0.3) is 5.92 Å². The summed E-state index contributed by atoms with van der Waals surface area (Å²) in [5, 5.41) is 49.3. The molecule has 0 bridgehead atoms. The standard InChI is InChI=1S/C59H82F2IN11O15/c60-59(61)31-46(32-63)73(40-59)58(85)49-29-44(56(83)67-49)30-52(76)72-33-42-6-4-7-43(47(42)34-72)39-88-28-27-87-26-25-86-24-15-65-57(84)48(8-1-2-14-64-50(74)9-3-5-41-10-12-45(62)13-11-41)66-51(75)35-68-16-18-69(36-53(77)78)20-22-71(38-55(81)82)23-21-70(19-17-68)37-54(79)80/h4,6-7,10-13,44,46,48-49H,1-3,5,8-9,14-31,33-40H2,(H,64,74)(H,65,84)(H,66,75)(H,67,83)(H,77,78)(H,79,80)(H,81,82)/t44-,46-,48?,49-/m0/s1. The summed E-state index contributed by atoms with van der Waals surface area (Å²) in [6.07, 6.45) is 2.07. The van der Waals surface area contributed by atoms with Crippen LogP contribution in [0.1, 0.15) is 73.6 Å². The number of nitrogens with one attached hydrogen (secondary N) is 4. The zero-order valence-corrected chi connectivity index (χ0v) is 51.6. The number of alkyl halides is 2. The topological polar surface area (TPSA) is 333 Å². The smallest absolute Gasteiger partial charge is 0.317 e. The SMILES string of the molecule is N#C[C@@H]1CC(F)(F)CN1C(=O)[C@@H]1C[C@@H](CC(=O)N2Cc3cccc(COCCOCCOCCNC(=O)C(CCCCNC(=O)CCCc4ccc(I)cc4)NC(=O)CN4CCN(CC(=O)O)CCN(CC(=O)O)CCN(CC(=O)O)CC4)c3C2)C(=O)N1. The van der Waals surface area contributed by atoms with Crippen LogP contribution in [-0.4, -0.2) is 253 Å². The molecule has 4 aliphatic heterocycles. The molecule has 7 N–H and O–H groups in total. The maximum absolute atomic E-state index is 14.0. The number of likely N-dealkylation sites (tertiary alicyclic amines) is 1. The van der Waals surface area contributed by atoms with Crippen molar-refractivity contribution < 1.29 is 81.5 Å². The van der Waals surface area contributed by atoms with Gasteiger partial charge < -0.3 is 60.6 Å². The van der Waals surface area contributed by atoms with Gasteiger partial charge in [-0.05, 0) is 95.5 Å². The van der Waals surface area contributed by atoms with Gasteiger partial charge in [-0.2, -0.15) is 5.26 Å². The molecule has 0 aliphatic carbocycles. The molecule has 0 spiro atoms. The highest BCUT2D eigenvalue weighted by atomic mass is 127. The third-order valence-electron chi connectivity index (χ3n) is 15.7. The van der Waals surface area contributed by atoms with Gasteiger partial charge in [-0.3, -0.25) is 62.8 Å². The van der Waals surface area contributed by atoms with E-state index < -0.39 is 84.5 Å². The molecule has 88 heavy (non-hydrogen) atoms. The number of nitriles is 1. The van der Waals surface area contributed by atoms with E-state index in [1.807, 2.05) is 42.5 Å². The molecule has 4 atom stereocenters. The minimum atomic E-state index is -3.20. The van der Waals surface area contributed by atoms with E-state index in [0.29, 0.717) is 38.8 Å². The molecule has 0 aromatic heterocycles. The van der Waals surface area contributed by atoms with Crippen LogP contribution in [0, 0.1) is 20.8 Å². The van der Waals surface area contributed by atoms with Gasteiger partial charge in [-0.1, -0.05) is 30.3 Å². The average molecular weight is 1350 g/mol. The Morgan fingerprint density at radius 1 is 0.727 bits per heavy atom. The highest BCUT2D eigenvalue weighted by molar-refractivity contribution is 14.1. The molecular formula is C59H82F2IN11O15. The molecule has 3 fully saturated rings. The number of benzene rings is 2. The number of hydrogen-bond donors (Lipinski definition) is 7. The number of fused-ring (bicyclic) bond motifs is 1. The Hall–Kier alpha value is -6.53. The molecule has 484 valence electrons. The van der Waals surface area contributed by atoms with E-state index in [1.165, 1.54) is 0 Å². The molecule has 26 nitrogen and oxygen atoms in total. The van der Waals surface area contributed by atoms with Crippen LogP contribution in [-0.2, 0) is 83.5 Å². The lowest BCUT2D eigenvalue weighted by molar-refractivity contribution is -0.140. The lowest BCUT2D eigenvalue weighted by Crippen LogP contribution is -2.52. The lowest BCUT2D eigenvalue weighted by atomic mass is 9.99. The predicted octanol–water partition coefficient (Wildman–Crippen LogP) is 0.724. The van der Waals surface area contributed by atoms with E-state index in [1.54, 1.807) is 30.6 Å². The van der Waals surface area contributed by atoms with Crippen LogP contribution in [0.25, 0.3) is 0 Å². The number of halogens is 3. The van der Waals surface area contributed by atoms with Crippen LogP contribution in [0.4, 0.5) is 8.78 Å². The zero-order valence-electron chi connectivity index (χ0n) is 49.5. The molecule has 2 aromatic carbocycles. The van der Waals surface area contributed by atoms with Crippen molar-refractivity contribution in [2.24, 2.45) is 5.92 Å². The Morgan fingerprint density at radius 2 is 1.32 bits per heavy atom. The Morgan fingerprint density at radius 3 is 1.92 bits per heavy atom. The monoisotopic (exact) mass is 1350 g/mol. The average Bonchev–Trinajstić information content (AvgIpc) is 3.61. The number of carbonyl (C=O) groups is 9. The fraction of sp³-hybridized carbons (Fsp3) is 0.627. The van der Waals surface area contributed by atoms with Gasteiger partial charge in [0.2, 0.25) is 35.4 Å². The number of amides is 6. The summed E-state index contributed by atoms with van der Waals surface area (Å²) < 4.78 is 46.5. The first-order chi connectivity index (χ1) is 42.1. The van der Waals surface area contributed by atoms with E-state index in [9.17, 15) is 72.5 Å². The van der Waals surface area contributed by atoms with Gasteiger partial charge in [0.1, 0.15) is 18.1 Å². The van der Waals surface area contributed by atoms with Crippen molar-refractivity contribution in [3.8, 4) is 6.07 Å². The quantitative estimate of drug-likeness (QED) is 0.0382. The number of carbonyl (C=O) groups excluding carboxylic acids is 6. The fourth-order valence-electron chi connectivity index (χ4n) is 11.0. The number of aliphatic carboxylic acids is 3. The van der Waals surface area contributed by atoms with Gasteiger partial charge >= 0.3 is 17.9 Å². The number of unbranched alkanes of at least 4 members (excludes halogenated alkanes) is 1. The Balaban J connectivity index is 0.914. The second kappa shape index (κ2) is 36.2. The molecule has 29 heteroatoms. The number of ether oxygens (including phenoxy) is 3. The van der Waals surface area contributed by atoms with Crippen LogP contribution in [0.15, 0.2) is 42.5 Å². The molecule has 3 saturated heterocycles. The number of rotatable bonds is 33. The Kier molecular flexibility index (Phi) is 29.0.